The Balaban J connectivity index is 2.57. The number of aromatic nitrogens is 1. The largest absolute Gasteiger partial charge is 0.385 e. The molecule has 0 aliphatic carbocycles. The van der Waals surface area contributed by atoms with E-state index in [1.165, 1.54) is 0 Å². The maximum atomic E-state index is 5.96. The van der Waals surface area contributed by atoms with Crippen molar-refractivity contribution in [3.63, 3.8) is 0 Å². The van der Waals surface area contributed by atoms with Gasteiger partial charge in [-0.05, 0) is 6.42 Å². The first kappa shape index (κ1) is 11.6. The molecule has 3 nitrogen and oxygen atoms in total. The second kappa shape index (κ2) is 5.44. The van der Waals surface area contributed by atoms with Crippen LogP contribution in [0.4, 0.5) is 0 Å². The van der Waals surface area contributed by atoms with Gasteiger partial charge in [-0.1, -0.05) is 13.8 Å². The van der Waals surface area contributed by atoms with Crippen LogP contribution < -0.4 is 5.73 Å². The molecule has 1 unspecified atom stereocenters. The molecule has 0 fully saturated rings. The van der Waals surface area contributed by atoms with Crippen LogP contribution in [0.1, 0.15) is 42.9 Å². The number of rotatable bonds is 5. The zero-order valence-electron chi connectivity index (χ0n) is 8.99. The summed E-state index contributed by atoms with van der Waals surface area (Å²) in [4.78, 5) is 4.50. The molecule has 2 N–H and O–H groups in total. The van der Waals surface area contributed by atoms with Gasteiger partial charge >= 0.3 is 0 Å². The second-order valence-electron chi connectivity index (χ2n) is 3.65. The monoisotopic (exact) mass is 214 g/mol. The van der Waals surface area contributed by atoms with E-state index in [4.69, 9.17) is 10.5 Å². The van der Waals surface area contributed by atoms with Crippen molar-refractivity contribution in [2.75, 3.05) is 13.7 Å². The van der Waals surface area contributed by atoms with Crippen LogP contribution in [0, 0.1) is 0 Å². The van der Waals surface area contributed by atoms with Gasteiger partial charge in [0.05, 0.1) is 16.7 Å². The highest BCUT2D eigenvalue weighted by molar-refractivity contribution is 7.09. The topological polar surface area (TPSA) is 48.1 Å². The standard InChI is InChI=1S/C10H18N2OS/c1-7(2)10-12-9(6-14-10)8(11)4-5-13-3/h6-8H,4-5,11H2,1-3H3. The highest BCUT2D eigenvalue weighted by Crippen LogP contribution is 2.23. The van der Waals surface area contributed by atoms with E-state index in [1.54, 1.807) is 18.4 Å². The Morgan fingerprint density at radius 2 is 2.29 bits per heavy atom. The quantitative estimate of drug-likeness (QED) is 0.818. The predicted molar refractivity (Wildman–Crippen MR) is 59.6 cm³/mol. The van der Waals surface area contributed by atoms with E-state index in [2.05, 4.69) is 24.2 Å². The third kappa shape index (κ3) is 3.04. The maximum Gasteiger partial charge on any atom is 0.0954 e. The summed E-state index contributed by atoms with van der Waals surface area (Å²) in [6, 6.07) is 0.0127. The number of methoxy groups -OCH3 is 1. The first-order valence-corrected chi connectivity index (χ1v) is 5.73. The number of nitrogens with zero attached hydrogens (tertiary/aromatic N) is 1. The Kier molecular flexibility index (Phi) is 4.51. The molecular weight excluding hydrogens is 196 g/mol. The Morgan fingerprint density at radius 1 is 1.57 bits per heavy atom. The highest BCUT2D eigenvalue weighted by Gasteiger charge is 2.11. The van der Waals surface area contributed by atoms with Crippen molar-refractivity contribution in [1.29, 1.82) is 0 Å². The fourth-order valence-electron chi connectivity index (χ4n) is 1.13. The third-order valence-electron chi connectivity index (χ3n) is 2.05. The van der Waals surface area contributed by atoms with Gasteiger partial charge in [0.2, 0.25) is 0 Å². The molecule has 1 aromatic heterocycles. The Morgan fingerprint density at radius 3 is 2.79 bits per heavy atom. The van der Waals surface area contributed by atoms with E-state index < -0.39 is 0 Å². The van der Waals surface area contributed by atoms with Crippen LogP contribution in [-0.4, -0.2) is 18.7 Å². The second-order valence-corrected chi connectivity index (χ2v) is 4.54. The third-order valence-corrected chi connectivity index (χ3v) is 3.21. The van der Waals surface area contributed by atoms with Crippen LogP contribution in [0.2, 0.25) is 0 Å². The van der Waals surface area contributed by atoms with Crippen molar-refractivity contribution in [1.82, 2.24) is 4.98 Å². The van der Waals surface area contributed by atoms with Gasteiger partial charge in [-0.25, -0.2) is 4.98 Å². The molecule has 0 saturated heterocycles. The summed E-state index contributed by atoms with van der Waals surface area (Å²) in [5, 5.41) is 3.21. The molecule has 0 spiro atoms. The molecule has 1 atom stereocenters. The van der Waals surface area contributed by atoms with Crippen LogP contribution in [0.15, 0.2) is 5.38 Å². The Labute approximate surface area is 89.3 Å². The number of hydrogen-bond acceptors (Lipinski definition) is 4. The lowest BCUT2D eigenvalue weighted by molar-refractivity contribution is 0.187. The lowest BCUT2D eigenvalue weighted by Gasteiger charge is -2.07. The van der Waals surface area contributed by atoms with E-state index in [-0.39, 0.29) is 6.04 Å². The lowest BCUT2D eigenvalue weighted by Crippen LogP contribution is -2.13. The average Bonchev–Trinajstić information content (AvgIpc) is 2.62. The van der Waals surface area contributed by atoms with Gasteiger partial charge in [-0.15, -0.1) is 11.3 Å². The average molecular weight is 214 g/mol. The van der Waals surface area contributed by atoms with E-state index in [9.17, 15) is 0 Å². The zero-order valence-corrected chi connectivity index (χ0v) is 9.80. The molecule has 0 bridgehead atoms. The smallest absolute Gasteiger partial charge is 0.0954 e. The van der Waals surface area contributed by atoms with E-state index in [1.807, 2.05) is 0 Å². The molecule has 1 rings (SSSR count). The minimum Gasteiger partial charge on any atom is -0.385 e. The van der Waals surface area contributed by atoms with Gasteiger partial charge in [-0.3, -0.25) is 0 Å². The molecule has 0 radical (unpaired) electrons. The van der Waals surface area contributed by atoms with Crippen LogP contribution in [0.5, 0.6) is 0 Å². The summed E-state index contributed by atoms with van der Waals surface area (Å²) in [5.74, 6) is 0.489. The van der Waals surface area contributed by atoms with E-state index in [0.29, 0.717) is 12.5 Å². The van der Waals surface area contributed by atoms with Crippen molar-refractivity contribution < 1.29 is 4.74 Å². The maximum absolute atomic E-state index is 5.96. The molecule has 0 aromatic carbocycles. The normalized spacial score (nSPS) is 13.5. The van der Waals surface area contributed by atoms with Crippen molar-refractivity contribution in [2.24, 2.45) is 5.73 Å². The summed E-state index contributed by atoms with van der Waals surface area (Å²) in [7, 11) is 1.69. The first-order chi connectivity index (χ1) is 6.65. The number of nitrogens with two attached hydrogens (primary N) is 1. The van der Waals surface area contributed by atoms with E-state index >= 15 is 0 Å². The molecule has 0 amide bonds. The summed E-state index contributed by atoms with van der Waals surface area (Å²) in [5.41, 5.74) is 6.95. The van der Waals surface area contributed by atoms with Crippen LogP contribution in [-0.2, 0) is 4.74 Å². The summed E-state index contributed by atoms with van der Waals surface area (Å²) < 4.78 is 4.98. The lowest BCUT2D eigenvalue weighted by atomic mass is 10.2. The van der Waals surface area contributed by atoms with Gasteiger partial charge in [0.25, 0.3) is 0 Å². The molecule has 1 aromatic rings. The Hall–Kier alpha value is -0.450. The minimum atomic E-state index is 0.0127. The van der Waals surface area contributed by atoms with Crippen LogP contribution in [0.25, 0.3) is 0 Å². The van der Waals surface area contributed by atoms with Crippen molar-refractivity contribution in [3.05, 3.63) is 16.1 Å². The molecular formula is C10H18N2OS. The van der Waals surface area contributed by atoms with Crippen molar-refractivity contribution in [3.8, 4) is 0 Å². The van der Waals surface area contributed by atoms with E-state index in [0.717, 1.165) is 17.1 Å². The molecule has 1 heterocycles. The Bertz CT molecular complexity index is 273. The number of thiazole rings is 1. The van der Waals surface area contributed by atoms with Gasteiger partial charge in [0.15, 0.2) is 0 Å². The first-order valence-electron chi connectivity index (χ1n) is 4.85. The van der Waals surface area contributed by atoms with Crippen LogP contribution in [0.3, 0.4) is 0 Å². The van der Waals surface area contributed by atoms with Gasteiger partial charge in [0, 0.05) is 25.0 Å². The summed E-state index contributed by atoms with van der Waals surface area (Å²) in [6.45, 7) is 4.97. The number of hydrogen-bond donors (Lipinski definition) is 1. The molecule has 14 heavy (non-hydrogen) atoms. The molecule has 0 saturated carbocycles. The summed E-state index contributed by atoms with van der Waals surface area (Å²) >= 11 is 1.69. The highest BCUT2D eigenvalue weighted by atomic mass is 32.1. The SMILES string of the molecule is COCCC(N)c1csc(C(C)C)n1. The molecule has 80 valence electrons. The van der Waals surface area contributed by atoms with Gasteiger partial charge in [-0.2, -0.15) is 0 Å². The van der Waals surface area contributed by atoms with Gasteiger partial charge in [0.1, 0.15) is 0 Å². The fourth-order valence-corrected chi connectivity index (χ4v) is 2.03. The fraction of sp³-hybridized carbons (Fsp3) is 0.700. The van der Waals surface area contributed by atoms with Crippen molar-refractivity contribution >= 4 is 11.3 Å². The zero-order chi connectivity index (χ0) is 10.6. The molecule has 4 heteroatoms. The van der Waals surface area contributed by atoms with Gasteiger partial charge < -0.3 is 10.5 Å². The van der Waals surface area contributed by atoms with Crippen LogP contribution >= 0.6 is 11.3 Å². The predicted octanol–water partition coefficient (Wildman–Crippen LogP) is 2.30. The van der Waals surface area contributed by atoms with Crippen molar-refractivity contribution in [2.45, 2.75) is 32.2 Å². The minimum absolute atomic E-state index is 0.0127. The number of ether oxygens (including phenoxy) is 1. The summed E-state index contributed by atoms with van der Waals surface area (Å²) in [6.07, 6.45) is 0.831. The molecule has 0 aliphatic heterocycles. The molecule has 0 aliphatic rings.